The monoisotopic (exact) mass is 250 g/mol. The van der Waals surface area contributed by atoms with Gasteiger partial charge in [-0.1, -0.05) is 25.2 Å². The van der Waals surface area contributed by atoms with Crippen molar-refractivity contribution >= 4 is 34.8 Å². The van der Waals surface area contributed by atoms with Crippen molar-refractivity contribution in [3.63, 3.8) is 0 Å². The molecule has 1 amide bonds. The summed E-state index contributed by atoms with van der Waals surface area (Å²) in [5.41, 5.74) is 5.66. The largest absolute Gasteiger partial charge is 0.320 e. The Morgan fingerprint density at radius 3 is 2.47 bits per heavy atom. The first-order valence-electron chi connectivity index (χ1n) is 4.37. The van der Waals surface area contributed by atoms with Crippen molar-refractivity contribution in [2.45, 2.75) is 26.8 Å². The summed E-state index contributed by atoms with van der Waals surface area (Å²) in [6.45, 7) is 5.63. The summed E-state index contributed by atoms with van der Waals surface area (Å²) < 4.78 is 0. The zero-order chi connectivity index (χ0) is 10.7. The van der Waals surface area contributed by atoms with Gasteiger partial charge in [0.1, 0.15) is 5.01 Å². The Morgan fingerprint density at radius 2 is 2.07 bits per heavy atom. The second-order valence-corrected chi connectivity index (χ2v) is 4.57. The maximum atomic E-state index is 11.5. The van der Waals surface area contributed by atoms with Gasteiger partial charge in [0, 0.05) is 0 Å². The van der Waals surface area contributed by atoms with Gasteiger partial charge in [-0.2, -0.15) is 0 Å². The molecule has 3 N–H and O–H groups in total. The number of aromatic nitrogens is 2. The summed E-state index contributed by atoms with van der Waals surface area (Å²) in [5, 5.41) is 11.5. The fourth-order valence-electron chi connectivity index (χ4n) is 0.839. The van der Waals surface area contributed by atoms with E-state index < -0.39 is 6.04 Å². The van der Waals surface area contributed by atoms with Crippen LogP contribution < -0.4 is 11.1 Å². The third-order valence-electron chi connectivity index (χ3n) is 1.78. The first-order valence-corrected chi connectivity index (χ1v) is 5.19. The number of anilines is 1. The minimum Gasteiger partial charge on any atom is -0.320 e. The first-order chi connectivity index (χ1) is 6.50. The number of hydrogen-bond donors (Lipinski definition) is 2. The molecule has 0 radical (unpaired) electrons. The average Bonchev–Trinajstić information content (AvgIpc) is 2.49. The molecule has 1 unspecified atom stereocenters. The highest BCUT2D eigenvalue weighted by atomic mass is 35.5. The second kappa shape index (κ2) is 5.99. The van der Waals surface area contributed by atoms with E-state index in [1.54, 1.807) is 0 Å². The highest BCUT2D eigenvalue weighted by Crippen LogP contribution is 2.14. The summed E-state index contributed by atoms with van der Waals surface area (Å²) in [5.74, 6) is -0.0971. The van der Waals surface area contributed by atoms with Crippen molar-refractivity contribution in [3.8, 4) is 0 Å². The van der Waals surface area contributed by atoms with E-state index in [9.17, 15) is 4.79 Å². The molecular formula is C8H15ClN4OS. The quantitative estimate of drug-likeness (QED) is 0.845. The van der Waals surface area contributed by atoms with Crippen LogP contribution in [0.15, 0.2) is 0 Å². The van der Waals surface area contributed by atoms with Gasteiger partial charge in [0.15, 0.2) is 0 Å². The summed E-state index contributed by atoms with van der Waals surface area (Å²) in [4.78, 5) is 11.5. The molecule has 1 atom stereocenters. The molecule has 0 fully saturated rings. The predicted octanol–water partition coefficient (Wildman–Crippen LogP) is 1.19. The zero-order valence-corrected chi connectivity index (χ0v) is 10.5. The van der Waals surface area contributed by atoms with Crippen LogP contribution in [0.4, 0.5) is 5.13 Å². The minimum absolute atomic E-state index is 0. The summed E-state index contributed by atoms with van der Waals surface area (Å²) >= 11 is 1.34. The SMILES string of the molecule is Cc1nnc(NC(=O)C(N)C(C)C)s1.Cl. The topological polar surface area (TPSA) is 80.9 Å². The van der Waals surface area contributed by atoms with Crippen LogP contribution in [0, 0.1) is 12.8 Å². The number of nitrogens with two attached hydrogens (primary N) is 1. The van der Waals surface area contributed by atoms with Crippen molar-refractivity contribution in [3.05, 3.63) is 5.01 Å². The standard InChI is InChI=1S/C8H14N4OS.ClH/c1-4(2)6(9)7(13)10-8-12-11-5(3)14-8;/h4,6H,9H2,1-3H3,(H,10,12,13);1H. The molecule has 0 aliphatic heterocycles. The number of aryl methyl sites for hydroxylation is 1. The summed E-state index contributed by atoms with van der Waals surface area (Å²) in [6, 6.07) is -0.501. The maximum Gasteiger partial charge on any atom is 0.243 e. The van der Waals surface area contributed by atoms with Crippen LogP contribution in [0.3, 0.4) is 0 Å². The van der Waals surface area contributed by atoms with E-state index in [2.05, 4.69) is 15.5 Å². The molecule has 0 aliphatic carbocycles. The van der Waals surface area contributed by atoms with Crippen molar-refractivity contribution in [2.75, 3.05) is 5.32 Å². The van der Waals surface area contributed by atoms with E-state index in [1.807, 2.05) is 20.8 Å². The molecule has 1 rings (SSSR count). The molecule has 86 valence electrons. The molecule has 0 saturated heterocycles. The Morgan fingerprint density at radius 1 is 1.47 bits per heavy atom. The first kappa shape index (κ1) is 14.3. The maximum absolute atomic E-state index is 11.5. The van der Waals surface area contributed by atoms with E-state index in [-0.39, 0.29) is 24.2 Å². The molecule has 1 aromatic rings. The van der Waals surface area contributed by atoms with E-state index in [1.165, 1.54) is 11.3 Å². The normalized spacial score (nSPS) is 12.1. The van der Waals surface area contributed by atoms with Gasteiger partial charge in [-0.05, 0) is 12.8 Å². The number of carbonyl (C=O) groups is 1. The third kappa shape index (κ3) is 4.11. The molecule has 0 saturated carbocycles. The zero-order valence-electron chi connectivity index (χ0n) is 8.85. The number of amides is 1. The van der Waals surface area contributed by atoms with E-state index in [0.717, 1.165) is 5.01 Å². The predicted molar refractivity (Wildman–Crippen MR) is 63.3 cm³/mol. The van der Waals surface area contributed by atoms with Crippen molar-refractivity contribution in [2.24, 2.45) is 11.7 Å². The fraction of sp³-hybridized carbons (Fsp3) is 0.625. The number of nitrogens with zero attached hydrogens (tertiary/aromatic N) is 2. The number of halogens is 1. The highest BCUT2D eigenvalue weighted by molar-refractivity contribution is 7.15. The van der Waals surface area contributed by atoms with Crippen LogP contribution in [-0.4, -0.2) is 22.1 Å². The van der Waals surface area contributed by atoms with Crippen LogP contribution in [-0.2, 0) is 4.79 Å². The van der Waals surface area contributed by atoms with Crippen molar-refractivity contribution < 1.29 is 4.79 Å². The lowest BCUT2D eigenvalue weighted by Gasteiger charge is -2.13. The third-order valence-corrected chi connectivity index (χ3v) is 2.53. The lowest BCUT2D eigenvalue weighted by atomic mass is 10.1. The van der Waals surface area contributed by atoms with Crippen LogP contribution in [0.5, 0.6) is 0 Å². The van der Waals surface area contributed by atoms with E-state index in [0.29, 0.717) is 5.13 Å². The van der Waals surface area contributed by atoms with Crippen LogP contribution in [0.1, 0.15) is 18.9 Å². The molecule has 0 spiro atoms. The second-order valence-electron chi connectivity index (χ2n) is 3.39. The average molecular weight is 251 g/mol. The Labute approximate surface area is 98.9 Å². The van der Waals surface area contributed by atoms with E-state index in [4.69, 9.17) is 5.73 Å². The van der Waals surface area contributed by atoms with Gasteiger partial charge in [-0.25, -0.2) is 0 Å². The van der Waals surface area contributed by atoms with Gasteiger partial charge in [0.05, 0.1) is 6.04 Å². The van der Waals surface area contributed by atoms with Crippen molar-refractivity contribution in [1.29, 1.82) is 0 Å². The number of carbonyl (C=O) groups excluding carboxylic acids is 1. The Kier molecular flexibility index (Phi) is 5.71. The lowest BCUT2D eigenvalue weighted by molar-refractivity contribution is -0.118. The molecule has 5 nitrogen and oxygen atoms in total. The molecule has 1 aromatic heterocycles. The van der Waals surface area contributed by atoms with E-state index >= 15 is 0 Å². The van der Waals surface area contributed by atoms with Gasteiger partial charge in [-0.15, -0.1) is 22.6 Å². The van der Waals surface area contributed by atoms with Crippen LogP contribution in [0.2, 0.25) is 0 Å². The number of hydrogen-bond acceptors (Lipinski definition) is 5. The smallest absolute Gasteiger partial charge is 0.243 e. The Balaban J connectivity index is 0.00000196. The molecule has 0 bridgehead atoms. The molecule has 15 heavy (non-hydrogen) atoms. The lowest BCUT2D eigenvalue weighted by Crippen LogP contribution is -2.39. The van der Waals surface area contributed by atoms with Crippen LogP contribution in [0.25, 0.3) is 0 Å². The van der Waals surface area contributed by atoms with Crippen molar-refractivity contribution in [1.82, 2.24) is 10.2 Å². The van der Waals surface area contributed by atoms with Gasteiger partial charge in [0.25, 0.3) is 0 Å². The molecule has 7 heteroatoms. The molecule has 0 aromatic carbocycles. The summed E-state index contributed by atoms with van der Waals surface area (Å²) in [7, 11) is 0. The highest BCUT2D eigenvalue weighted by Gasteiger charge is 2.18. The summed E-state index contributed by atoms with van der Waals surface area (Å²) in [6.07, 6.45) is 0. The number of nitrogens with one attached hydrogen (secondary N) is 1. The van der Waals surface area contributed by atoms with Gasteiger partial charge >= 0.3 is 0 Å². The Bertz CT molecular complexity index is 328. The molecular weight excluding hydrogens is 236 g/mol. The van der Waals surface area contributed by atoms with Gasteiger partial charge in [-0.3, -0.25) is 10.1 Å². The number of rotatable bonds is 3. The molecule has 0 aliphatic rings. The minimum atomic E-state index is -0.501. The van der Waals surface area contributed by atoms with Crippen LogP contribution >= 0.6 is 23.7 Å². The Hall–Kier alpha value is -0.720. The van der Waals surface area contributed by atoms with Gasteiger partial charge in [0.2, 0.25) is 11.0 Å². The van der Waals surface area contributed by atoms with Gasteiger partial charge < -0.3 is 5.73 Å². The molecule has 1 heterocycles. The fourth-order valence-corrected chi connectivity index (χ4v) is 1.43.